The van der Waals surface area contributed by atoms with E-state index in [4.69, 9.17) is 5.11 Å². The highest BCUT2D eigenvalue weighted by Crippen LogP contribution is 2.31. The lowest BCUT2D eigenvalue weighted by molar-refractivity contribution is 0.140. The Kier molecular flexibility index (Phi) is 2.39. The maximum Gasteiger partial charge on any atom is 0.407 e. The van der Waals surface area contributed by atoms with Crippen LogP contribution in [-0.2, 0) is 0 Å². The van der Waals surface area contributed by atoms with Crippen molar-refractivity contribution in [2.45, 2.75) is 18.9 Å². The van der Waals surface area contributed by atoms with Crippen LogP contribution >= 0.6 is 0 Å². The summed E-state index contributed by atoms with van der Waals surface area (Å²) < 4.78 is 0. The van der Waals surface area contributed by atoms with Gasteiger partial charge in [0.25, 0.3) is 0 Å². The molecule has 0 aromatic heterocycles. The fourth-order valence-corrected chi connectivity index (χ4v) is 2.02. The molecule has 1 aliphatic heterocycles. The zero-order valence-corrected chi connectivity index (χ0v) is 7.89. The summed E-state index contributed by atoms with van der Waals surface area (Å²) in [7, 11) is 0. The van der Waals surface area contributed by atoms with Crippen molar-refractivity contribution in [3.8, 4) is 0 Å². The summed E-state index contributed by atoms with van der Waals surface area (Å²) in [6.45, 7) is 0.662. The van der Waals surface area contributed by atoms with Crippen LogP contribution in [0, 0.1) is 0 Å². The Morgan fingerprint density at radius 2 is 2.07 bits per heavy atom. The number of carbonyl (C=O) groups is 1. The number of benzene rings is 1. The third-order valence-corrected chi connectivity index (χ3v) is 2.68. The first-order valence-electron chi connectivity index (χ1n) is 4.83. The van der Waals surface area contributed by atoms with Gasteiger partial charge >= 0.3 is 6.09 Å². The first-order chi connectivity index (χ1) is 6.79. The van der Waals surface area contributed by atoms with E-state index < -0.39 is 6.09 Å². The maximum absolute atomic E-state index is 10.9. The second-order valence-corrected chi connectivity index (χ2v) is 3.54. The highest BCUT2D eigenvalue weighted by atomic mass is 16.4. The van der Waals surface area contributed by atoms with Crippen molar-refractivity contribution in [1.29, 1.82) is 0 Å². The lowest BCUT2D eigenvalue weighted by Gasteiger charge is -2.21. The molecular formula is C11H13NO2. The molecular weight excluding hydrogens is 178 g/mol. The SMILES string of the molecule is O=C(O)N1CCC[C@H]1c1ccccc1. The molecule has 1 amide bonds. The molecule has 1 atom stereocenters. The fraction of sp³-hybridized carbons (Fsp3) is 0.364. The Balaban J connectivity index is 2.22. The summed E-state index contributed by atoms with van der Waals surface area (Å²) in [4.78, 5) is 12.4. The van der Waals surface area contributed by atoms with Crippen LogP contribution in [0.3, 0.4) is 0 Å². The largest absolute Gasteiger partial charge is 0.465 e. The lowest BCUT2D eigenvalue weighted by atomic mass is 10.1. The molecule has 1 fully saturated rings. The van der Waals surface area contributed by atoms with Gasteiger partial charge in [-0.05, 0) is 18.4 Å². The molecule has 1 N–H and O–H groups in total. The topological polar surface area (TPSA) is 40.5 Å². The van der Waals surface area contributed by atoms with Gasteiger partial charge in [-0.25, -0.2) is 4.79 Å². The highest BCUT2D eigenvalue weighted by Gasteiger charge is 2.29. The van der Waals surface area contributed by atoms with Crippen LogP contribution in [0.25, 0.3) is 0 Å². The van der Waals surface area contributed by atoms with Crippen LogP contribution in [0.2, 0.25) is 0 Å². The third kappa shape index (κ3) is 1.58. The summed E-state index contributed by atoms with van der Waals surface area (Å²) in [5, 5.41) is 8.97. The molecule has 1 aliphatic rings. The van der Waals surface area contributed by atoms with Gasteiger partial charge in [0.05, 0.1) is 6.04 Å². The van der Waals surface area contributed by atoms with E-state index in [9.17, 15) is 4.79 Å². The fourth-order valence-electron chi connectivity index (χ4n) is 2.02. The van der Waals surface area contributed by atoms with E-state index in [1.165, 1.54) is 4.90 Å². The molecule has 74 valence electrons. The maximum atomic E-state index is 10.9. The summed E-state index contributed by atoms with van der Waals surface area (Å²) in [5.41, 5.74) is 1.10. The zero-order chi connectivity index (χ0) is 9.97. The number of rotatable bonds is 1. The number of hydrogen-bond acceptors (Lipinski definition) is 1. The Hall–Kier alpha value is -1.51. The lowest BCUT2D eigenvalue weighted by Crippen LogP contribution is -2.28. The van der Waals surface area contributed by atoms with E-state index in [0.717, 1.165) is 18.4 Å². The van der Waals surface area contributed by atoms with Crippen LogP contribution in [0.1, 0.15) is 24.4 Å². The minimum Gasteiger partial charge on any atom is -0.465 e. The first kappa shape index (κ1) is 9.06. The number of nitrogens with zero attached hydrogens (tertiary/aromatic N) is 1. The number of hydrogen-bond donors (Lipinski definition) is 1. The van der Waals surface area contributed by atoms with E-state index in [-0.39, 0.29) is 6.04 Å². The molecule has 0 aliphatic carbocycles. The predicted molar refractivity (Wildman–Crippen MR) is 53.1 cm³/mol. The number of likely N-dealkylation sites (tertiary alicyclic amines) is 1. The minimum atomic E-state index is -0.809. The molecule has 2 rings (SSSR count). The Bertz CT molecular complexity index is 323. The van der Waals surface area contributed by atoms with E-state index in [2.05, 4.69) is 0 Å². The predicted octanol–water partition coefficient (Wildman–Crippen LogP) is 2.50. The molecule has 3 heteroatoms. The van der Waals surface area contributed by atoms with Crippen LogP contribution in [0.15, 0.2) is 30.3 Å². The average molecular weight is 191 g/mol. The van der Waals surface area contributed by atoms with Crippen LogP contribution in [0.4, 0.5) is 4.79 Å². The first-order valence-corrected chi connectivity index (χ1v) is 4.83. The molecule has 1 saturated heterocycles. The molecule has 0 spiro atoms. The normalized spacial score (nSPS) is 21.1. The van der Waals surface area contributed by atoms with Gasteiger partial charge in [-0.3, -0.25) is 0 Å². The molecule has 0 saturated carbocycles. The number of amides is 1. The summed E-state index contributed by atoms with van der Waals surface area (Å²) >= 11 is 0. The Labute approximate surface area is 83.0 Å². The summed E-state index contributed by atoms with van der Waals surface area (Å²) in [6.07, 6.45) is 1.10. The van der Waals surface area contributed by atoms with E-state index in [1.807, 2.05) is 30.3 Å². The molecule has 0 bridgehead atoms. The molecule has 1 aromatic carbocycles. The van der Waals surface area contributed by atoms with Gasteiger partial charge in [-0.1, -0.05) is 30.3 Å². The van der Waals surface area contributed by atoms with Crippen LogP contribution in [-0.4, -0.2) is 22.6 Å². The monoisotopic (exact) mass is 191 g/mol. The van der Waals surface area contributed by atoms with Gasteiger partial charge in [0, 0.05) is 6.54 Å². The number of carboxylic acid groups (broad SMARTS) is 1. The van der Waals surface area contributed by atoms with E-state index >= 15 is 0 Å². The van der Waals surface area contributed by atoms with Gasteiger partial charge in [0.2, 0.25) is 0 Å². The second kappa shape index (κ2) is 3.70. The second-order valence-electron chi connectivity index (χ2n) is 3.54. The van der Waals surface area contributed by atoms with Gasteiger partial charge in [-0.2, -0.15) is 0 Å². The van der Waals surface area contributed by atoms with Crippen molar-refractivity contribution in [1.82, 2.24) is 4.90 Å². The van der Waals surface area contributed by atoms with Crippen molar-refractivity contribution in [3.05, 3.63) is 35.9 Å². The molecule has 0 radical (unpaired) electrons. The summed E-state index contributed by atoms with van der Waals surface area (Å²) in [5.74, 6) is 0. The Morgan fingerprint density at radius 3 is 2.71 bits per heavy atom. The van der Waals surface area contributed by atoms with Gasteiger partial charge in [-0.15, -0.1) is 0 Å². The van der Waals surface area contributed by atoms with Crippen LogP contribution in [0.5, 0.6) is 0 Å². The zero-order valence-electron chi connectivity index (χ0n) is 7.89. The molecule has 1 heterocycles. The van der Waals surface area contributed by atoms with Crippen molar-refractivity contribution in [2.24, 2.45) is 0 Å². The average Bonchev–Trinajstić information content (AvgIpc) is 2.67. The van der Waals surface area contributed by atoms with Gasteiger partial charge in [0.1, 0.15) is 0 Å². The molecule has 3 nitrogen and oxygen atoms in total. The highest BCUT2D eigenvalue weighted by molar-refractivity contribution is 5.66. The molecule has 14 heavy (non-hydrogen) atoms. The smallest absolute Gasteiger partial charge is 0.407 e. The quantitative estimate of drug-likeness (QED) is 0.740. The third-order valence-electron chi connectivity index (χ3n) is 2.68. The van der Waals surface area contributed by atoms with Gasteiger partial charge in [0.15, 0.2) is 0 Å². The van der Waals surface area contributed by atoms with Crippen molar-refractivity contribution < 1.29 is 9.90 Å². The van der Waals surface area contributed by atoms with Crippen molar-refractivity contribution in [3.63, 3.8) is 0 Å². The van der Waals surface area contributed by atoms with Crippen molar-refractivity contribution in [2.75, 3.05) is 6.54 Å². The van der Waals surface area contributed by atoms with E-state index in [1.54, 1.807) is 0 Å². The standard InChI is InChI=1S/C11H13NO2/c13-11(14)12-8-4-7-10(12)9-5-2-1-3-6-9/h1-3,5-6,10H,4,7-8H2,(H,13,14)/t10-/m0/s1. The Morgan fingerprint density at radius 1 is 1.36 bits per heavy atom. The summed E-state index contributed by atoms with van der Waals surface area (Å²) in [6, 6.07) is 9.90. The van der Waals surface area contributed by atoms with Crippen LogP contribution < -0.4 is 0 Å². The van der Waals surface area contributed by atoms with Gasteiger partial charge < -0.3 is 10.0 Å². The minimum absolute atomic E-state index is 0.0636. The van der Waals surface area contributed by atoms with E-state index in [0.29, 0.717) is 6.54 Å². The van der Waals surface area contributed by atoms with Crippen molar-refractivity contribution >= 4 is 6.09 Å². The molecule has 0 unspecified atom stereocenters. The molecule has 1 aromatic rings.